The van der Waals surface area contributed by atoms with Crippen molar-refractivity contribution in [1.82, 2.24) is 4.90 Å². The first-order valence-electron chi connectivity index (χ1n) is 10.6. The van der Waals surface area contributed by atoms with E-state index in [2.05, 4.69) is 15.9 Å². The lowest BCUT2D eigenvalue weighted by atomic mass is 9.95. The molecule has 0 aromatic heterocycles. The van der Waals surface area contributed by atoms with Gasteiger partial charge in [0, 0.05) is 23.2 Å². The first-order valence-corrected chi connectivity index (χ1v) is 11.4. The number of hydrogen-bond acceptors (Lipinski definition) is 6. The predicted molar refractivity (Wildman–Crippen MR) is 120 cm³/mol. The van der Waals surface area contributed by atoms with E-state index in [0.717, 1.165) is 22.9 Å². The van der Waals surface area contributed by atoms with Crippen LogP contribution >= 0.6 is 15.9 Å². The Kier molecular flexibility index (Phi) is 5.65. The Morgan fingerprint density at radius 1 is 1.06 bits per heavy atom. The van der Waals surface area contributed by atoms with Crippen LogP contribution in [-0.4, -0.2) is 54.2 Å². The normalized spacial score (nSPS) is 24.2. The quantitative estimate of drug-likeness (QED) is 0.391. The van der Waals surface area contributed by atoms with E-state index in [1.807, 2.05) is 24.3 Å². The van der Waals surface area contributed by atoms with E-state index in [-0.39, 0.29) is 17.4 Å². The first kappa shape index (κ1) is 21.0. The SMILES string of the molecule is O=C1C(=O)N(CC2CCCO2)C(c2cccc(Br)c2)C1=C(O)c1ccc2c(c1)OCCO2. The summed E-state index contributed by atoms with van der Waals surface area (Å²) >= 11 is 3.47. The van der Waals surface area contributed by atoms with Crippen molar-refractivity contribution in [2.75, 3.05) is 26.4 Å². The maximum absolute atomic E-state index is 13.1. The zero-order chi connectivity index (χ0) is 22.2. The number of ketones is 1. The Bertz CT molecular complexity index is 1110. The largest absolute Gasteiger partial charge is 0.507 e. The summed E-state index contributed by atoms with van der Waals surface area (Å²) in [6.45, 7) is 1.80. The summed E-state index contributed by atoms with van der Waals surface area (Å²) in [6.07, 6.45) is 1.63. The summed E-state index contributed by atoms with van der Waals surface area (Å²) in [5.41, 5.74) is 1.18. The predicted octanol–water partition coefficient (Wildman–Crippen LogP) is 3.82. The molecule has 7 nitrogen and oxygen atoms in total. The molecule has 2 saturated heterocycles. The van der Waals surface area contributed by atoms with Crippen LogP contribution < -0.4 is 9.47 Å². The minimum Gasteiger partial charge on any atom is -0.507 e. The average molecular weight is 500 g/mol. The van der Waals surface area contributed by atoms with Gasteiger partial charge in [0.15, 0.2) is 11.5 Å². The van der Waals surface area contributed by atoms with E-state index in [9.17, 15) is 14.7 Å². The van der Waals surface area contributed by atoms with Crippen molar-refractivity contribution in [2.24, 2.45) is 0 Å². The number of aliphatic hydroxyl groups is 1. The van der Waals surface area contributed by atoms with E-state index < -0.39 is 17.7 Å². The number of ether oxygens (including phenoxy) is 3. The van der Waals surface area contributed by atoms with Gasteiger partial charge in [-0.1, -0.05) is 28.1 Å². The molecule has 0 spiro atoms. The van der Waals surface area contributed by atoms with Gasteiger partial charge in [-0.2, -0.15) is 0 Å². The highest BCUT2D eigenvalue weighted by Gasteiger charge is 2.47. The smallest absolute Gasteiger partial charge is 0.295 e. The molecule has 0 radical (unpaired) electrons. The van der Waals surface area contributed by atoms with E-state index in [1.165, 1.54) is 4.90 Å². The molecular weight excluding hydrogens is 478 g/mol. The Morgan fingerprint density at radius 2 is 1.88 bits per heavy atom. The molecule has 32 heavy (non-hydrogen) atoms. The number of carbonyl (C=O) groups is 2. The first-order chi connectivity index (χ1) is 15.5. The number of benzene rings is 2. The van der Waals surface area contributed by atoms with Crippen molar-refractivity contribution in [3.05, 3.63) is 63.6 Å². The van der Waals surface area contributed by atoms with E-state index >= 15 is 0 Å². The van der Waals surface area contributed by atoms with Gasteiger partial charge >= 0.3 is 0 Å². The number of amides is 1. The summed E-state index contributed by atoms with van der Waals surface area (Å²) in [5.74, 6) is -0.506. The van der Waals surface area contributed by atoms with Gasteiger partial charge in [-0.25, -0.2) is 0 Å². The van der Waals surface area contributed by atoms with Crippen LogP contribution in [-0.2, 0) is 14.3 Å². The molecule has 0 aliphatic carbocycles. The summed E-state index contributed by atoms with van der Waals surface area (Å²) < 4.78 is 17.7. The number of hydrogen-bond donors (Lipinski definition) is 1. The van der Waals surface area contributed by atoms with Crippen molar-refractivity contribution in [1.29, 1.82) is 0 Å². The molecule has 0 saturated carbocycles. The lowest BCUT2D eigenvalue weighted by molar-refractivity contribution is -0.140. The number of fused-ring (bicyclic) bond motifs is 1. The summed E-state index contributed by atoms with van der Waals surface area (Å²) in [6, 6.07) is 11.7. The molecule has 2 fully saturated rings. The van der Waals surface area contributed by atoms with Crippen LogP contribution in [0.15, 0.2) is 52.5 Å². The molecule has 2 aromatic carbocycles. The average Bonchev–Trinajstić information content (AvgIpc) is 3.41. The van der Waals surface area contributed by atoms with Gasteiger partial charge in [0.1, 0.15) is 19.0 Å². The molecule has 2 aromatic rings. The van der Waals surface area contributed by atoms with Crippen LogP contribution in [0.1, 0.15) is 30.0 Å². The topological polar surface area (TPSA) is 85.3 Å². The molecule has 3 heterocycles. The highest BCUT2D eigenvalue weighted by molar-refractivity contribution is 9.10. The van der Waals surface area contributed by atoms with Gasteiger partial charge in [0.05, 0.1) is 17.7 Å². The van der Waals surface area contributed by atoms with Gasteiger partial charge < -0.3 is 24.2 Å². The number of nitrogens with zero attached hydrogens (tertiary/aromatic N) is 1. The Morgan fingerprint density at radius 3 is 2.62 bits per heavy atom. The Balaban J connectivity index is 1.61. The van der Waals surface area contributed by atoms with Crippen LogP contribution in [0.25, 0.3) is 5.76 Å². The minimum atomic E-state index is -0.718. The fraction of sp³-hybridized carbons (Fsp3) is 0.333. The molecule has 0 bridgehead atoms. The van der Waals surface area contributed by atoms with Crippen molar-refractivity contribution < 1.29 is 28.9 Å². The second-order valence-electron chi connectivity index (χ2n) is 8.00. The van der Waals surface area contributed by atoms with Crippen LogP contribution in [0.4, 0.5) is 0 Å². The Labute approximate surface area is 193 Å². The molecule has 1 amide bonds. The maximum Gasteiger partial charge on any atom is 0.295 e. The molecule has 2 atom stereocenters. The number of aliphatic hydroxyl groups excluding tert-OH is 1. The van der Waals surface area contributed by atoms with Gasteiger partial charge in [-0.3, -0.25) is 9.59 Å². The van der Waals surface area contributed by atoms with Crippen molar-refractivity contribution in [3.63, 3.8) is 0 Å². The third-order valence-electron chi connectivity index (χ3n) is 5.94. The van der Waals surface area contributed by atoms with Crippen molar-refractivity contribution in [3.8, 4) is 11.5 Å². The minimum absolute atomic E-state index is 0.0581. The lowest BCUT2D eigenvalue weighted by Gasteiger charge is -2.27. The van der Waals surface area contributed by atoms with Gasteiger partial charge in [0.2, 0.25) is 0 Å². The molecule has 3 aliphatic rings. The number of rotatable bonds is 4. The third kappa shape index (κ3) is 3.78. The molecule has 5 rings (SSSR count). The molecule has 8 heteroatoms. The fourth-order valence-electron chi connectivity index (χ4n) is 4.45. The lowest BCUT2D eigenvalue weighted by Crippen LogP contribution is -2.36. The summed E-state index contributed by atoms with van der Waals surface area (Å²) in [4.78, 5) is 27.7. The van der Waals surface area contributed by atoms with E-state index in [1.54, 1.807) is 18.2 Å². The second kappa shape index (κ2) is 8.60. The van der Waals surface area contributed by atoms with E-state index in [0.29, 0.717) is 43.4 Å². The number of carbonyl (C=O) groups excluding carboxylic acids is 2. The van der Waals surface area contributed by atoms with Gasteiger partial charge in [-0.05, 0) is 48.7 Å². The van der Waals surface area contributed by atoms with Gasteiger partial charge in [0.25, 0.3) is 11.7 Å². The monoisotopic (exact) mass is 499 g/mol. The maximum atomic E-state index is 13.1. The number of likely N-dealkylation sites (tertiary alicyclic amines) is 1. The van der Waals surface area contributed by atoms with Crippen LogP contribution in [0.2, 0.25) is 0 Å². The zero-order valence-corrected chi connectivity index (χ0v) is 18.8. The third-order valence-corrected chi connectivity index (χ3v) is 6.44. The highest BCUT2D eigenvalue weighted by Crippen LogP contribution is 2.42. The molecular formula is C24H22BrNO6. The zero-order valence-electron chi connectivity index (χ0n) is 17.3. The highest BCUT2D eigenvalue weighted by atomic mass is 79.9. The van der Waals surface area contributed by atoms with Gasteiger partial charge in [-0.15, -0.1) is 0 Å². The van der Waals surface area contributed by atoms with Crippen LogP contribution in [0.3, 0.4) is 0 Å². The molecule has 166 valence electrons. The summed E-state index contributed by atoms with van der Waals surface area (Å²) in [5, 5.41) is 11.2. The standard InChI is InChI=1S/C24H22BrNO6/c25-16-4-1-3-14(11-16)21-20(23(28)24(29)26(21)13-17-5-2-8-30-17)22(27)15-6-7-18-19(12-15)32-10-9-31-18/h1,3-4,6-7,11-12,17,21,27H,2,5,8-10,13H2. The summed E-state index contributed by atoms with van der Waals surface area (Å²) in [7, 11) is 0. The van der Waals surface area contributed by atoms with Crippen LogP contribution in [0.5, 0.6) is 11.5 Å². The van der Waals surface area contributed by atoms with Crippen molar-refractivity contribution in [2.45, 2.75) is 25.0 Å². The second-order valence-corrected chi connectivity index (χ2v) is 8.92. The van der Waals surface area contributed by atoms with E-state index in [4.69, 9.17) is 14.2 Å². The Hall–Kier alpha value is -2.84. The number of Topliss-reactive ketones (excluding diaryl/α,β-unsaturated/α-hetero) is 1. The molecule has 1 N–H and O–H groups in total. The number of halogens is 1. The van der Waals surface area contributed by atoms with Crippen molar-refractivity contribution >= 4 is 33.4 Å². The molecule has 2 unspecified atom stereocenters. The molecule has 3 aliphatic heterocycles. The van der Waals surface area contributed by atoms with Crippen LogP contribution in [0, 0.1) is 0 Å². The fourth-order valence-corrected chi connectivity index (χ4v) is 4.86.